The molecule has 3 atom stereocenters. The van der Waals surface area contributed by atoms with Crippen LogP contribution in [0.15, 0.2) is 24.3 Å². The Kier molecular flexibility index (Phi) is 6.09. The molecule has 0 aliphatic heterocycles. The third kappa shape index (κ3) is 3.63. The molecule has 0 saturated heterocycles. The fourth-order valence-corrected chi connectivity index (χ4v) is 3.65. The van der Waals surface area contributed by atoms with E-state index >= 15 is 0 Å². The van der Waals surface area contributed by atoms with Gasteiger partial charge in [-0.05, 0) is 36.4 Å². The zero-order valence-electron chi connectivity index (χ0n) is 13.5. The van der Waals surface area contributed by atoms with Gasteiger partial charge >= 0.3 is 0 Å². The highest BCUT2D eigenvalue weighted by Crippen LogP contribution is 2.39. The molecule has 0 heterocycles. The highest BCUT2D eigenvalue weighted by atomic mass is 14.9. The summed E-state index contributed by atoms with van der Waals surface area (Å²) in [7, 11) is 0. The Bertz CT molecular complexity index is 399. The first-order chi connectivity index (χ1) is 9.80. The van der Waals surface area contributed by atoms with Gasteiger partial charge < -0.3 is 5.32 Å². The van der Waals surface area contributed by atoms with Gasteiger partial charge in [-0.1, -0.05) is 70.7 Å². The molecule has 2 rings (SSSR count). The Balaban J connectivity index is 1.97. The minimum atomic E-state index is 0.678. The lowest BCUT2D eigenvalue weighted by Gasteiger charge is -2.38. The summed E-state index contributed by atoms with van der Waals surface area (Å²) in [5.41, 5.74) is 3.17. The predicted molar refractivity (Wildman–Crippen MR) is 88.3 cm³/mol. The van der Waals surface area contributed by atoms with Crippen molar-refractivity contribution in [2.75, 3.05) is 6.54 Å². The molecule has 1 aliphatic carbocycles. The van der Waals surface area contributed by atoms with E-state index in [1.807, 2.05) is 0 Å². The zero-order valence-corrected chi connectivity index (χ0v) is 13.5. The van der Waals surface area contributed by atoms with E-state index in [-0.39, 0.29) is 0 Å². The van der Waals surface area contributed by atoms with Gasteiger partial charge in [0.2, 0.25) is 0 Å². The minimum absolute atomic E-state index is 0.678. The largest absolute Gasteiger partial charge is 0.314 e. The van der Waals surface area contributed by atoms with Crippen LogP contribution in [0, 0.1) is 5.92 Å². The van der Waals surface area contributed by atoms with Crippen LogP contribution in [-0.2, 0) is 6.42 Å². The second-order valence-electron chi connectivity index (χ2n) is 6.33. The zero-order chi connectivity index (χ0) is 14.4. The first-order valence-electron chi connectivity index (χ1n) is 8.61. The minimum Gasteiger partial charge on any atom is -0.314 e. The quantitative estimate of drug-likeness (QED) is 0.674. The summed E-state index contributed by atoms with van der Waals surface area (Å²) >= 11 is 0. The van der Waals surface area contributed by atoms with Gasteiger partial charge in [-0.3, -0.25) is 0 Å². The molecule has 0 amide bonds. The summed E-state index contributed by atoms with van der Waals surface area (Å²) < 4.78 is 0. The predicted octanol–water partition coefficient (Wildman–Crippen LogP) is 4.91. The maximum atomic E-state index is 3.77. The third-order valence-corrected chi connectivity index (χ3v) is 4.98. The summed E-state index contributed by atoms with van der Waals surface area (Å²) in [6.07, 6.45) is 8.08. The topological polar surface area (TPSA) is 12.0 Å². The van der Waals surface area contributed by atoms with Gasteiger partial charge in [0.1, 0.15) is 0 Å². The smallest absolute Gasteiger partial charge is 0.0142 e. The van der Waals surface area contributed by atoms with E-state index in [1.165, 1.54) is 38.5 Å². The number of hydrogen-bond acceptors (Lipinski definition) is 1. The standard InChI is InChI=1S/C19H31N/c1-4-7-10-15(5-2)13-19(20-6-3)18-14-16-11-8-9-12-17(16)18/h8-9,11-12,15,18-20H,4-7,10,13-14H2,1-3H3. The van der Waals surface area contributed by atoms with Crippen molar-refractivity contribution in [1.82, 2.24) is 5.32 Å². The molecule has 1 N–H and O–H groups in total. The van der Waals surface area contributed by atoms with E-state index in [2.05, 4.69) is 50.4 Å². The van der Waals surface area contributed by atoms with Crippen LogP contribution in [0.5, 0.6) is 0 Å². The molecular formula is C19H31N. The van der Waals surface area contributed by atoms with Gasteiger partial charge in [0.05, 0.1) is 0 Å². The molecule has 1 aliphatic rings. The molecule has 20 heavy (non-hydrogen) atoms. The van der Waals surface area contributed by atoms with Crippen molar-refractivity contribution >= 4 is 0 Å². The molecule has 0 saturated carbocycles. The monoisotopic (exact) mass is 273 g/mol. The van der Waals surface area contributed by atoms with E-state index in [9.17, 15) is 0 Å². The van der Waals surface area contributed by atoms with Gasteiger partial charge in [-0.2, -0.15) is 0 Å². The van der Waals surface area contributed by atoms with E-state index in [0.29, 0.717) is 6.04 Å². The Morgan fingerprint density at radius 1 is 1.20 bits per heavy atom. The van der Waals surface area contributed by atoms with Crippen molar-refractivity contribution in [2.45, 2.75) is 71.3 Å². The van der Waals surface area contributed by atoms with E-state index in [4.69, 9.17) is 0 Å². The van der Waals surface area contributed by atoms with Crippen molar-refractivity contribution in [3.63, 3.8) is 0 Å². The first-order valence-corrected chi connectivity index (χ1v) is 8.61. The van der Waals surface area contributed by atoms with Gasteiger partial charge in [-0.25, -0.2) is 0 Å². The van der Waals surface area contributed by atoms with Crippen LogP contribution in [0.2, 0.25) is 0 Å². The second-order valence-corrected chi connectivity index (χ2v) is 6.33. The molecule has 1 nitrogen and oxygen atoms in total. The average Bonchev–Trinajstić information content (AvgIpc) is 2.44. The lowest BCUT2D eigenvalue weighted by molar-refractivity contribution is 0.305. The van der Waals surface area contributed by atoms with Gasteiger partial charge in [-0.15, -0.1) is 0 Å². The van der Waals surface area contributed by atoms with E-state index < -0.39 is 0 Å². The van der Waals surface area contributed by atoms with Gasteiger partial charge in [0.25, 0.3) is 0 Å². The molecule has 0 aromatic heterocycles. The van der Waals surface area contributed by atoms with Gasteiger partial charge in [0, 0.05) is 12.0 Å². The Labute approximate surface area is 125 Å². The molecule has 0 fully saturated rings. The van der Waals surface area contributed by atoms with Crippen molar-refractivity contribution in [3.8, 4) is 0 Å². The van der Waals surface area contributed by atoms with Crippen molar-refractivity contribution in [3.05, 3.63) is 35.4 Å². The second kappa shape index (κ2) is 7.83. The number of fused-ring (bicyclic) bond motifs is 1. The van der Waals surface area contributed by atoms with Crippen molar-refractivity contribution < 1.29 is 0 Å². The molecule has 112 valence electrons. The van der Waals surface area contributed by atoms with Crippen LogP contribution < -0.4 is 5.32 Å². The summed E-state index contributed by atoms with van der Waals surface area (Å²) in [4.78, 5) is 0. The van der Waals surface area contributed by atoms with E-state index in [0.717, 1.165) is 18.4 Å². The number of hydrogen-bond donors (Lipinski definition) is 1. The summed E-state index contributed by atoms with van der Waals surface area (Å²) in [6, 6.07) is 9.68. The van der Waals surface area contributed by atoms with Crippen LogP contribution in [0.25, 0.3) is 0 Å². The molecule has 0 bridgehead atoms. The molecule has 0 radical (unpaired) electrons. The number of likely N-dealkylation sites (N-methyl/N-ethyl adjacent to an activating group) is 1. The highest BCUT2D eigenvalue weighted by Gasteiger charge is 2.33. The first kappa shape index (κ1) is 15.6. The van der Waals surface area contributed by atoms with Crippen molar-refractivity contribution in [1.29, 1.82) is 0 Å². The average molecular weight is 273 g/mol. The maximum Gasteiger partial charge on any atom is 0.0142 e. The fourth-order valence-electron chi connectivity index (χ4n) is 3.65. The molecule has 1 aromatic carbocycles. The Morgan fingerprint density at radius 3 is 2.65 bits per heavy atom. The lowest BCUT2D eigenvalue weighted by atomic mass is 9.71. The SMILES string of the molecule is CCCCC(CC)CC(NCC)C1Cc2ccccc21. The molecule has 1 heteroatoms. The number of benzene rings is 1. The highest BCUT2D eigenvalue weighted by molar-refractivity contribution is 5.41. The van der Waals surface area contributed by atoms with Crippen LogP contribution in [0.3, 0.4) is 0 Å². The molecular weight excluding hydrogens is 242 g/mol. The lowest BCUT2D eigenvalue weighted by Crippen LogP contribution is -2.41. The summed E-state index contributed by atoms with van der Waals surface area (Å²) in [5, 5.41) is 3.77. The number of rotatable bonds is 9. The Morgan fingerprint density at radius 2 is 2.00 bits per heavy atom. The summed E-state index contributed by atoms with van der Waals surface area (Å²) in [5.74, 6) is 1.65. The van der Waals surface area contributed by atoms with Crippen LogP contribution in [0.4, 0.5) is 0 Å². The molecule has 0 spiro atoms. The molecule has 1 aromatic rings. The molecule has 3 unspecified atom stereocenters. The van der Waals surface area contributed by atoms with Crippen LogP contribution in [-0.4, -0.2) is 12.6 Å². The van der Waals surface area contributed by atoms with Gasteiger partial charge in [0.15, 0.2) is 0 Å². The van der Waals surface area contributed by atoms with Crippen molar-refractivity contribution in [2.24, 2.45) is 5.92 Å². The normalized spacial score (nSPS) is 20.1. The number of unbranched alkanes of at least 4 members (excludes halogenated alkanes) is 1. The summed E-state index contributed by atoms with van der Waals surface area (Å²) in [6.45, 7) is 7.99. The number of nitrogens with one attached hydrogen (secondary N) is 1. The van der Waals surface area contributed by atoms with E-state index in [1.54, 1.807) is 11.1 Å². The fraction of sp³-hybridized carbons (Fsp3) is 0.684. The Hall–Kier alpha value is -0.820. The maximum absolute atomic E-state index is 3.77. The van der Waals surface area contributed by atoms with Crippen LogP contribution in [0.1, 0.15) is 69.9 Å². The van der Waals surface area contributed by atoms with Crippen LogP contribution >= 0.6 is 0 Å². The third-order valence-electron chi connectivity index (χ3n) is 4.98.